The summed E-state index contributed by atoms with van der Waals surface area (Å²) >= 11 is 1.44. The summed E-state index contributed by atoms with van der Waals surface area (Å²) < 4.78 is 22.3. The van der Waals surface area contributed by atoms with Gasteiger partial charge in [0.2, 0.25) is 5.91 Å². The number of aliphatic imine (C=N–C) groups is 1. The van der Waals surface area contributed by atoms with E-state index in [-0.39, 0.29) is 18.4 Å². The first kappa shape index (κ1) is 25.1. The second kappa shape index (κ2) is 10.7. The Bertz CT molecular complexity index is 1090. The van der Waals surface area contributed by atoms with E-state index in [2.05, 4.69) is 0 Å². The van der Waals surface area contributed by atoms with Crippen LogP contribution in [0.15, 0.2) is 45.6 Å². The van der Waals surface area contributed by atoms with Gasteiger partial charge in [-0.2, -0.15) is 0 Å². The number of hydrogen-bond acceptors (Lipinski definition) is 9. The highest BCUT2D eigenvalue weighted by atomic mass is 32.2. The average molecular weight is 502 g/mol. The van der Waals surface area contributed by atoms with Crippen molar-refractivity contribution >= 4 is 28.8 Å². The molecule has 35 heavy (non-hydrogen) atoms. The minimum atomic E-state index is -0.600. The largest absolute Gasteiger partial charge is 0.493 e. The third-order valence-electron chi connectivity index (χ3n) is 5.99. The number of amides is 1. The first-order valence-corrected chi connectivity index (χ1v) is 12.5. The monoisotopic (exact) mass is 501 g/mol. The van der Waals surface area contributed by atoms with E-state index in [1.54, 1.807) is 27.2 Å². The zero-order valence-electron chi connectivity index (χ0n) is 20.7. The smallest absolute Gasteiger partial charge is 0.338 e. The molecule has 0 aromatic heterocycles. The van der Waals surface area contributed by atoms with Gasteiger partial charge in [-0.25, -0.2) is 9.79 Å². The molecule has 3 aliphatic heterocycles. The Morgan fingerprint density at radius 1 is 1.20 bits per heavy atom. The lowest BCUT2D eigenvalue weighted by Crippen LogP contribution is -2.42. The van der Waals surface area contributed by atoms with Crippen LogP contribution < -0.4 is 9.47 Å². The maximum absolute atomic E-state index is 13.4. The van der Waals surface area contributed by atoms with Crippen molar-refractivity contribution in [2.75, 3.05) is 40.5 Å². The molecular formula is C25H31N3O6S. The summed E-state index contributed by atoms with van der Waals surface area (Å²) in [7, 11) is 3.14. The number of para-hydroxylation sites is 1. The van der Waals surface area contributed by atoms with Gasteiger partial charge in [0.1, 0.15) is 0 Å². The number of nitrogens with zero attached hydrogens (tertiary/aromatic N) is 3. The van der Waals surface area contributed by atoms with E-state index in [0.29, 0.717) is 54.2 Å². The molecule has 4 rings (SSSR count). The van der Waals surface area contributed by atoms with Gasteiger partial charge >= 0.3 is 5.97 Å². The molecule has 1 aromatic rings. The Morgan fingerprint density at radius 3 is 2.60 bits per heavy atom. The van der Waals surface area contributed by atoms with Crippen molar-refractivity contribution in [2.24, 2.45) is 4.99 Å². The second-order valence-corrected chi connectivity index (χ2v) is 9.44. The fourth-order valence-electron chi connectivity index (χ4n) is 4.41. The molecule has 0 unspecified atom stereocenters. The predicted molar refractivity (Wildman–Crippen MR) is 133 cm³/mol. The molecule has 0 radical (unpaired) electrons. The number of methoxy groups -OCH3 is 2. The minimum Gasteiger partial charge on any atom is -0.493 e. The highest BCUT2D eigenvalue weighted by molar-refractivity contribution is 8.16. The topological polar surface area (TPSA) is 89.9 Å². The van der Waals surface area contributed by atoms with Crippen molar-refractivity contribution < 1.29 is 28.5 Å². The summed E-state index contributed by atoms with van der Waals surface area (Å²) in [4.78, 5) is 35.0. The molecule has 9 nitrogen and oxygen atoms in total. The number of fused-ring (bicyclic) bond motifs is 1. The SMILES string of the molecule is COc1cccc([C@H]2C(C(=O)OC(C)C)=C(C)N=C3SC=C(CC(=O)N4CCOCC4)N32)c1OC. The molecule has 1 fully saturated rings. The number of hydrogen-bond donors (Lipinski definition) is 0. The molecular weight excluding hydrogens is 470 g/mol. The van der Waals surface area contributed by atoms with Gasteiger partial charge in [-0.15, -0.1) is 0 Å². The zero-order chi connectivity index (χ0) is 25.1. The van der Waals surface area contributed by atoms with Gasteiger partial charge < -0.3 is 28.7 Å². The molecule has 188 valence electrons. The summed E-state index contributed by atoms with van der Waals surface area (Å²) in [6, 6.07) is 4.96. The first-order valence-electron chi connectivity index (χ1n) is 11.6. The van der Waals surface area contributed by atoms with Gasteiger partial charge in [-0.1, -0.05) is 23.9 Å². The second-order valence-electron chi connectivity index (χ2n) is 8.60. The number of morpholine rings is 1. The van der Waals surface area contributed by atoms with Crippen molar-refractivity contribution in [1.82, 2.24) is 9.80 Å². The third-order valence-corrected chi connectivity index (χ3v) is 6.88. The number of carbonyl (C=O) groups excluding carboxylic acids is 2. The maximum atomic E-state index is 13.4. The Balaban J connectivity index is 1.78. The highest BCUT2D eigenvalue weighted by Crippen LogP contribution is 2.48. The summed E-state index contributed by atoms with van der Waals surface area (Å²) in [6.07, 6.45) is -0.118. The van der Waals surface area contributed by atoms with Crippen LogP contribution in [0.5, 0.6) is 11.5 Å². The number of esters is 1. The van der Waals surface area contributed by atoms with Crippen LogP contribution in [0, 0.1) is 0 Å². The van der Waals surface area contributed by atoms with Crippen LogP contribution in [0.1, 0.15) is 38.8 Å². The lowest BCUT2D eigenvalue weighted by molar-refractivity contribution is -0.143. The van der Waals surface area contributed by atoms with Crippen molar-refractivity contribution in [2.45, 2.75) is 39.3 Å². The molecule has 3 heterocycles. The fraction of sp³-hybridized carbons (Fsp3) is 0.480. The van der Waals surface area contributed by atoms with E-state index < -0.39 is 12.0 Å². The van der Waals surface area contributed by atoms with Crippen LogP contribution >= 0.6 is 11.8 Å². The van der Waals surface area contributed by atoms with Crippen LogP contribution in [-0.2, 0) is 19.1 Å². The molecule has 0 N–H and O–H groups in total. The van der Waals surface area contributed by atoms with Gasteiger partial charge in [0.25, 0.3) is 0 Å². The lowest BCUT2D eigenvalue weighted by Gasteiger charge is -2.37. The first-order chi connectivity index (χ1) is 16.8. The highest BCUT2D eigenvalue weighted by Gasteiger charge is 2.43. The molecule has 1 atom stereocenters. The summed E-state index contributed by atoms with van der Waals surface area (Å²) in [5.41, 5.74) is 2.46. The minimum absolute atomic E-state index is 0.00957. The molecule has 0 spiro atoms. The van der Waals surface area contributed by atoms with Crippen LogP contribution in [0.3, 0.4) is 0 Å². The molecule has 3 aliphatic rings. The third kappa shape index (κ3) is 5.04. The quantitative estimate of drug-likeness (QED) is 0.525. The summed E-state index contributed by atoms with van der Waals surface area (Å²) in [6.45, 7) is 7.63. The standard InChI is InChI=1S/C25H31N3O6S/c1-15(2)34-24(30)21-16(3)26-25-28(22(21)18-7-6-8-19(31-4)23(18)32-5)17(14-35-25)13-20(29)27-9-11-33-12-10-27/h6-8,14-15,22H,9-13H2,1-5H3/t22-/m0/s1. The van der Waals surface area contributed by atoms with Gasteiger partial charge in [-0.05, 0) is 32.2 Å². The Morgan fingerprint density at radius 2 is 1.94 bits per heavy atom. The Hall–Kier alpha value is -2.98. The summed E-state index contributed by atoms with van der Waals surface area (Å²) in [5, 5.41) is 2.63. The normalized spacial score (nSPS) is 19.9. The van der Waals surface area contributed by atoms with E-state index in [1.165, 1.54) is 11.8 Å². The van der Waals surface area contributed by atoms with Crippen LogP contribution in [0.2, 0.25) is 0 Å². The van der Waals surface area contributed by atoms with Gasteiger partial charge in [-0.3, -0.25) is 4.79 Å². The Kier molecular flexibility index (Phi) is 7.71. The summed E-state index contributed by atoms with van der Waals surface area (Å²) in [5.74, 6) is 0.617. The number of allylic oxidation sites excluding steroid dienone is 1. The van der Waals surface area contributed by atoms with E-state index in [4.69, 9.17) is 23.9 Å². The molecule has 0 bridgehead atoms. The molecule has 1 amide bonds. The number of thioether (sulfide) groups is 1. The van der Waals surface area contributed by atoms with Crippen LogP contribution in [-0.4, -0.2) is 73.5 Å². The maximum Gasteiger partial charge on any atom is 0.338 e. The average Bonchev–Trinajstić information content (AvgIpc) is 3.24. The van der Waals surface area contributed by atoms with Crippen molar-refractivity contribution in [3.63, 3.8) is 0 Å². The predicted octanol–water partition coefficient (Wildman–Crippen LogP) is 3.48. The van der Waals surface area contributed by atoms with Gasteiger partial charge in [0, 0.05) is 24.4 Å². The molecule has 0 saturated carbocycles. The lowest BCUT2D eigenvalue weighted by atomic mass is 9.92. The van der Waals surface area contributed by atoms with Gasteiger partial charge in [0.05, 0.1) is 57.3 Å². The molecule has 10 heteroatoms. The van der Waals surface area contributed by atoms with Crippen molar-refractivity contribution in [3.8, 4) is 11.5 Å². The van der Waals surface area contributed by atoms with E-state index >= 15 is 0 Å². The van der Waals surface area contributed by atoms with E-state index in [0.717, 1.165) is 11.3 Å². The number of rotatable bonds is 7. The number of ether oxygens (including phenoxy) is 4. The molecule has 0 aliphatic carbocycles. The number of amidine groups is 1. The Labute approximate surface area is 209 Å². The van der Waals surface area contributed by atoms with Crippen LogP contribution in [0.4, 0.5) is 0 Å². The van der Waals surface area contributed by atoms with Crippen LogP contribution in [0.25, 0.3) is 0 Å². The van der Waals surface area contributed by atoms with Crippen molar-refractivity contribution in [3.05, 3.63) is 46.1 Å². The van der Waals surface area contributed by atoms with E-state index in [1.807, 2.05) is 41.2 Å². The molecule has 1 saturated heterocycles. The van der Waals surface area contributed by atoms with E-state index in [9.17, 15) is 9.59 Å². The fourth-order valence-corrected chi connectivity index (χ4v) is 5.37. The van der Waals surface area contributed by atoms with Gasteiger partial charge in [0.15, 0.2) is 16.7 Å². The number of benzene rings is 1. The molecule has 1 aromatic carbocycles. The zero-order valence-corrected chi connectivity index (χ0v) is 21.5. The van der Waals surface area contributed by atoms with Crippen molar-refractivity contribution in [1.29, 1.82) is 0 Å². The number of carbonyl (C=O) groups is 2.